The van der Waals surface area contributed by atoms with Gasteiger partial charge in [0.05, 0.1) is 0 Å². The fraction of sp³-hybridized carbons (Fsp3) is 0.462. The second-order valence-corrected chi connectivity index (χ2v) is 7.45. The Hall–Kier alpha value is -0.980. The van der Waals surface area contributed by atoms with Gasteiger partial charge in [0.1, 0.15) is 10.5 Å². The van der Waals surface area contributed by atoms with Gasteiger partial charge in [-0.25, -0.2) is 4.98 Å². The lowest BCUT2D eigenvalue weighted by Crippen LogP contribution is -2.35. The van der Waals surface area contributed by atoms with E-state index >= 15 is 0 Å². The van der Waals surface area contributed by atoms with Crippen molar-refractivity contribution in [1.82, 2.24) is 20.5 Å². The van der Waals surface area contributed by atoms with Gasteiger partial charge < -0.3 is 5.32 Å². The minimum absolute atomic E-state index is 0.119. The van der Waals surface area contributed by atoms with Gasteiger partial charge in [0.25, 0.3) is 0 Å². The van der Waals surface area contributed by atoms with Gasteiger partial charge in [-0.3, -0.25) is 0 Å². The first-order chi connectivity index (χ1) is 8.94. The summed E-state index contributed by atoms with van der Waals surface area (Å²) in [4.78, 5) is 4.52. The van der Waals surface area contributed by atoms with Gasteiger partial charge in [0.15, 0.2) is 4.34 Å². The molecule has 0 saturated carbocycles. The largest absolute Gasteiger partial charge is 0.308 e. The normalized spacial score (nSPS) is 11.8. The van der Waals surface area contributed by atoms with E-state index in [0.717, 1.165) is 15.9 Å². The molecule has 4 nitrogen and oxygen atoms in total. The Bertz CT molecular complexity index is 532. The van der Waals surface area contributed by atoms with E-state index in [4.69, 9.17) is 0 Å². The molecule has 0 bridgehead atoms. The lowest BCUT2D eigenvalue weighted by atomic mass is 10.1. The molecule has 0 aliphatic rings. The molecule has 2 aromatic heterocycles. The van der Waals surface area contributed by atoms with Crippen molar-refractivity contribution in [2.75, 3.05) is 0 Å². The highest BCUT2D eigenvalue weighted by Crippen LogP contribution is 2.29. The van der Waals surface area contributed by atoms with Crippen LogP contribution in [-0.4, -0.2) is 20.7 Å². The van der Waals surface area contributed by atoms with Crippen LogP contribution in [0.4, 0.5) is 0 Å². The maximum absolute atomic E-state index is 4.52. The van der Waals surface area contributed by atoms with Crippen LogP contribution in [0.3, 0.4) is 0 Å². The molecule has 1 N–H and O–H groups in total. The van der Waals surface area contributed by atoms with E-state index in [0.29, 0.717) is 0 Å². The molecule has 2 heterocycles. The summed E-state index contributed by atoms with van der Waals surface area (Å²) in [5.74, 6) is 0. The zero-order valence-corrected chi connectivity index (χ0v) is 13.2. The minimum atomic E-state index is 0.119. The summed E-state index contributed by atoms with van der Waals surface area (Å²) in [7, 11) is 0. The van der Waals surface area contributed by atoms with E-state index in [-0.39, 0.29) is 5.54 Å². The van der Waals surface area contributed by atoms with Crippen LogP contribution in [0, 0.1) is 6.92 Å². The second kappa shape index (κ2) is 5.98. The first kappa shape index (κ1) is 14.4. The third-order valence-electron chi connectivity index (χ3n) is 2.43. The predicted octanol–water partition coefficient (Wildman–Crippen LogP) is 3.28. The number of nitrogens with one attached hydrogen (secondary N) is 1. The van der Waals surface area contributed by atoms with Gasteiger partial charge in [-0.2, -0.15) is 0 Å². The maximum Gasteiger partial charge on any atom is 0.180 e. The Kier molecular flexibility index (Phi) is 4.54. The smallest absolute Gasteiger partial charge is 0.180 e. The first-order valence-electron chi connectivity index (χ1n) is 6.08. The van der Waals surface area contributed by atoms with Crippen molar-refractivity contribution < 1.29 is 0 Å². The van der Waals surface area contributed by atoms with Crippen molar-refractivity contribution in [2.24, 2.45) is 0 Å². The van der Waals surface area contributed by atoms with Crippen LogP contribution < -0.4 is 5.32 Å². The molecule has 19 heavy (non-hydrogen) atoms. The maximum atomic E-state index is 4.52. The van der Waals surface area contributed by atoms with Crippen LogP contribution in [-0.2, 0) is 6.54 Å². The van der Waals surface area contributed by atoms with Crippen molar-refractivity contribution in [1.29, 1.82) is 0 Å². The van der Waals surface area contributed by atoms with Crippen LogP contribution >= 0.6 is 23.1 Å². The Morgan fingerprint density at radius 2 is 2.16 bits per heavy atom. The quantitative estimate of drug-likeness (QED) is 0.938. The van der Waals surface area contributed by atoms with Crippen LogP contribution in [0.15, 0.2) is 27.1 Å². The Morgan fingerprint density at radius 3 is 2.74 bits per heavy atom. The molecular formula is C13H18N4S2. The van der Waals surface area contributed by atoms with E-state index in [9.17, 15) is 0 Å². The zero-order chi connectivity index (χ0) is 13.9. The topological polar surface area (TPSA) is 50.7 Å². The molecule has 0 spiro atoms. The number of aromatic nitrogens is 3. The number of pyridine rings is 1. The highest BCUT2D eigenvalue weighted by molar-refractivity contribution is 8.01. The molecule has 2 aromatic rings. The number of rotatable bonds is 4. The summed E-state index contributed by atoms with van der Waals surface area (Å²) >= 11 is 3.10. The van der Waals surface area contributed by atoms with E-state index < -0.39 is 0 Å². The third kappa shape index (κ3) is 4.56. The van der Waals surface area contributed by atoms with Crippen LogP contribution in [0.5, 0.6) is 0 Å². The average Bonchev–Trinajstić information content (AvgIpc) is 2.81. The van der Waals surface area contributed by atoms with Crippen LogP contribution in [0.25, 0.3) is 0 Å². The van der Waals surface area contributed by atoms with Crippen molar-refractivity contribution in [3.05, 3.63) is 28.9 Å². The van der Waals surface area contributed by atoms with Gasteiger partial charge in [0, 0.05) is 18.3 Å². The van der Waals surface area contributed by atoms with E-state index in [1.807, 2.05) is 6.20 Å². The molecule has 0 fully saturated rings. The van der Waals surface area contributed by atoms with Crippen LogP contribution in [0.1, 0.15) is 31.9 Å². The molecule has 0 unspecified atom stereocenters. The van der Waals surface area contributed by atoms with Gasteiger partial charge in [-0.05, 0) is 50.6 Å². The minimum Gasteiger partial charge on any atom is -0.308 e. The molecule has 0 saturated heterocycles. The molecule has 0 aliphatic heterocycles. The lowest BCUT2D eigenvalue weighted by molar-refractivity contribution is 0.424. The number of hydrogen-bond donors (Lipinski definition) is 1. The molecule has 0 radical (unpaired) electrons. The monoisotopic (exact) mass is 294 g/mol. The average molecular weight is 294 g/mol. The molecule has 2 rings (SSSR count). The predicted molar refractivity (Wildman–Crippen MR) is 79.6 cm³/mol. The highest BCUT2D eigenvalue weighted by Gasteiger charge is 2.10. The Morgan fingerprint density at radius 1 is 1.37 bits per heavy atom. The van der Waals surface area contributed by atoms with Gasteiger partial charge in [0.2, 0.25) is 0 Å². The standard InChI is InChI=1S/C13H18N4S2/c1-9-5-10(7-15-13(2,3)4)6-14-11(9)19-12-17-16-8-18-12/h5-6,8,15H,7H2,1-4H3. The van der Waals surface area contributed by atoms with Crippen molar-refractivity contribution in [3.8, 4) is 0 Å². The fourth-order valence-corrected chi connectivity index (χ4v) is 2.90. The summed E-state index contributed by atoms with van der Waals surface area (Å²) in [5.41, 5.74) is 4.23. The first-order valence-corrected chi connectivity index (χ1v) is 7.78. The van der Waals surface area contributed by atoms with Gasteiger partial charge in [-0.15, -0.1) is 10.2 Å². The van der Waals surface area contributed by atoms with Crippen LogP contribution in [0.2, 0.25) is 0 Å². The van der Waals surface area contributed by atoms with Crippen molar-refractivity contribution in [2.45, 2.75) is 49.1 Å². The fourth-order valence-electron chi connectivity index (χ4n) is 1.48. The summed E-state index contributed by atoms with van der Waals surface area (Å²) in [6, 6.07) is 2.18. The molecule has 0 aliphatic carbocycles. The molecule has 0 atom stereocenters. The summed E-state index contributed by atoms with van der Waals surface area (Å²) < 4.78 is 0.927. The summed E-state index contributed by atoms with van der Waals surface area (Å²) in [6.45, 7) is 9.39. The summed E-state index contributed by atoms with van der Waals surface area (Å²) in [6.07, 6.45) is 1.93. The Labute approximate surface area is 122 Å². The van der Waals surface area contributed by atoms with E-state index in [1.165, 1.54) is 22.5 Å². The Balaban J connectivity index is 2.05. The zero-order valence-electron chi connectivity index (χ0n) is 11.6. The van der Waals surface area contributed by atoms with Gasteiger partial charge in [-0.1, -0.05) is 17.4 Å². The number of aryl methyl sites for hydroxylation is 1. The summed E-state index contributed by atoms with van der Waals surface area (Å²) in [5, 5.41) is 12.3. The highest BCUT2D eigenvalue weighted by atomic mass is 32.2. The van der Waals surface area contributed by atoms with Crippen molar-refractivity contribution in [3.63, 3.8) is 0 Å². The van der Waals surface area contributed by atoms with Gasteiger partial charge >= 0.3 is 0 Å². The molecule has 6 heteroatoms. The van der Waals surface area contributed by atoms with E-state index in [1.54, 1.807) is 17.3 Å². The number of hydrogen-bond acceptors (Lipinski definition) is 6. The molecule has 0 amide bonds. The molecular weight excluding hydrogens is 276 g/mol. The van der Waals surface area contributed by atoms with Crippen molar-refractivity contribution >= 4 is 23.1 Å². The second-order valence-electron chi connectivity index (χ2n) is 5.38. The molecule has 0 aromatic carbocycles. The number of nitrogens with zero attached hydrogens (tertiary/aromatic N) is 3. The van der Waals surface area contributed by atoms with E-state index in [2.05, 4.69) is 54.3 Å². The molecule has 102 valence electrons. The third-order valence-corrected chi connectivity index (χ3v) is 4.33. The lowest BCUT2D eigenvalue weighted by Gasteiger charge is -2.20. The SMILES string of the molecule is Cc1cc(CNC(C)(C)C)cnc1Sc1nncs1.